The highest BCUT2D eigenvalue weighted by Gasteiger charge is 2.61. The van der Waals surface area contributed by atoms with Crippen LogP contribution >= 0.6 is 0 Å². The minimum absolute atomic E-state index is 0.0786. The van der Waals surface area contributed by atoms with Crippen molar-refractivity contribution in [2.75, 3.05) is 13.7 Å². The van der Waals surface area contributed by atoms with E-state index in [9.17, 15) is 24.0 Å². The van der Waals surface area contributed by atoms with Gasteiger partial charge in [-0.1, -0.05) is 26.0 Å². The van der Waals surface area contributed by atoms with Crippen LogP contribution in [0.15, 0.2) is 6.20 Å². The number of esters is 5. The van der Waals surface area contributed by atoms with Crippen LogP contribution in [0, 0.1) is 46.3 Å². The van der Waals surface area contributed by atoms with Crippen LogP contribution < -0.4 is 0 Å². The summed E-state index contributed by atoms with van der Waals surface area (Å²) in [5, 5.41) is 8.93. The minimum Gasteiger partial charge on any atom is -0.469 e. The molecule has 1 aromatic heterocycles. The zero-order chi connectivity index (χ0) is 40.5. The first-order valence-corrected chi connectivity index (χ1v) is 20.4. The molecular formula is C41H61N3O12. The van der Waals surface area contributed by atoms with E-state index < -0.39 is 54.6 Å². The van der Waals surface area contributed by atoms with Gasteiger partial charge in [0.25, 0.3) is 0 Å². The summed E-state index contributed by atoms with van der Waals surface area (Å²) in [5.74, 6) is 0.811. The second kappa shape index (κ2) is 17.1. The lowest BCUT2D eigenvalue weighted by Crippen LogP contribution is -2.62. The molecule has 14 atom stereocenters. The van der Waals surface area contributed by atoms with E-state index in [1.54, 1.807) is 0 Å². The molecular weight excluding hydrogens is 726 g/mol. The molecule has 2 heterocycles. The summed E-state index contributed by atoms with van der Waals surface area (Å²) in [4.78, 5) is 60.3. The smallest absolute Gasteiger partial charge is 0.305 e. The number of hydrogen-bond acceptors (Lipinski definition) is 14. The quantitative estimate of drug-likeness (QED) is 0.197. The molecule has 5 aliphatic rings. The Labute approximate surface area is 329 Å². The molecule has 4 aliphatic carbocycles. The van der Waals surface area contributed by atoms with Crippen molar-refractivity contribution >= 4 is 29.8 Å². The fourth-order valence-electron chi connectivity index (χ4n) is 12.0. The van der Waals surface area contributed by atoms with E-state index in [4.69, 9.17) is 33.2 Å². The number of nitrogens with zero attached hydrogens (tertiary/aromatic N) is 3. The van der Waals surface area contributed by atoms with Crippen molar-refractivity contribution in [1.29, 1.82) is 0 Å². The van der Waals surface area contributed by atoms with Crippen LogP contribution in [0.5, 0.6) is 0 Å². The lowest BCUT2D eigenvalue weighted by Gasteiger charge is -2.61. The van der Waals surface area contributed by atoms with Crippen molar-refractivity contribution in [2.45, 2.75) is 156 Å². The first-order chi connectivity index (χ1) is 26.5. The predicted octanol–water partition coefficient (Wildman–Crippen LogP) is 5.28. The van der Waals surface area contributed by atoms with Gasteiger partial charge in [0.15, 0.2) is 24.6 Å². The van der Waals surface area contributed by atoms with Crippen molar-refractivity contribution in [3.05, 3.63) is 11.9 Å². The van der Waals surface area contributed by atoms with E-state index >= 15 is 0 Å². The molecule has 1 aromatic rings. The highest BCUT2D eigenvalue weighted by Crippen LogP contribution is 2.69. The van der Waals surface area contributed by atoms with Gasteiger partial charge in [0.2, 0.25) is 0 Å². The normalized spacial score (nSPS) is 38.2. The van der Waals surface area contributed by atoms with E-state index in [0.29, 0.717) is 41.7 Å². The largest absolute Gasteiger partial charge is 0.469 e. The number of carbonyl (C=O) groups is 5. The number of rotatable bonds is 12. The SMILES string of the molecule is COC(=O)C[C@@H](C)[C@H]1CC[C@H]2[C@@H]3CCC4C[C@@H](n5cc(COC6OC(COC(C)=O)C(OC(C)=O)C(OC(C)=O)C6OC(C)=O)nn5)CC[C@]4(C)[C@H]3CC[C@]12C. The van der Waals surface area contributed by atoms with Crippen molar-refractivity contribution in [1.82, 2.24) is 15.0 Å². The maximum atomic E-state index is 12.2. The molecule has 1 saturated heterocycles. The molecule has 15 heteroatoms. The third-order valence-electron chi connectivity index (χ3n) is 14.4. The summed E-state index contributed by atoms with van der Waals surface area (Å²) in [6.45, 7) is 11.7. The lowest BCUT2D eigenvalue weighted by molar-refractivity contribution is -0.310. The van der Waals surface area contributed by atoms with Gasteiger partial charge < -0.3 is 33.2 Å². The van der Waals surface area contributed by atoms with Gasteiger partial charge in [-0.05, 0) is 104 Å². The van der Waals surface area contributed by atoms with Crippen molar-refractivity contribution in [3.8, 4) is 0 Å². The summed E-state index contributed by atoms with van der Waals surface area (Å²) in [5.41, 5.74) is 1.08. The number of ether oxygens (including phenoxy) is 7. The Kier molecular flexibility index (Phi) is 12.8. The maximum Gasteiger partial charge on any atom is 0.305 e. The summed E-state index contributed by atoms with van der Waals surface area (Å²) in [7, 11) is 1.49. The van der Waals surface area contributed by atoms with Gasteiger partial charge in [-0.2, -0.15) is 0 Å². The Balaban J connectivity index is 1.11. The first kappa shape index (κ1) is 42.0. The summed E-state index contributed by atoms with van der Waals surface area (Å²) in [6, 6.07) is 0.195. The minimum atomic E-state index is -1.31. The van der Waals surface area contributed by atoms with Crippen LogP contribution in [-0.4, -0.2) is 89.3 Å². The summed E-state index contributed by atoms with van der Waals surface area (Å²) in [6.07, 6.45) is 6.66. The molecule has 5 fully saturated rings. The van der Waals surface area contributed by atoms with Crippen LogP contribution in [-0.2, 0) is 63.7 Å². The van der Waals surface area contributed by atoms with Crippen LogP contribution in [0.4, 0.5) is 0 Å². The second-order valence-corrected chi connectivity index (χ2v) is 17.6. The number of hydrogen-bond donors (Lipinski definition) is 0. The second-order valence-electron chi connectivity index (χ2n) is 17.6. The van der Waals surface area contributed by atoms with Crippen molar-refractivity contribution < 1.29 is 57.1 Å². The topological polar surface area (TPSA) is 181 Å². The van der Waals surface area contributed by atoms with Gasteiger partial charge in [0, 0.05) is 34.1 Å². The highest BCUT2D eigenvalue weighted by molar-refractivity contribution is 5.69. The van der Waals surface area contributed by atoms with Gasteiger partial charge >= 0.3 is 29.8 Å². The van der Waals surface area contributed by atoms with Crippen molar-refractivity contribution in [2.24, 2.45) is 46.3 Å². The van der Waals surface area contributed by atoms with Gasteiger partial charge in [-0.3, -0.25) is 24.0 Å². The van der Waals surface area contributed by atoms with Crippen LogP contribution in [0.2, 0.25) is 0 Å². The predicted molar refractivity (Wildman–Crippen MR) is 197 cm³/mol. The number of methoxy groups -OCH3 is 1. The lowest BCUT2D eigenvalue weighted by atomic mass is 9.44. The Morgan fingerprint density at radius 1 is 0.839 bits per heavy atom. The van der Waals surface area contributed by atoms with Gasteiger partial charge in [0.1, 0.15) is 18.4 Å². The fourth-order valence-corrected chi connectivity index (χ4v) is 12.0. The van der Waals surface area contributed by atoms with Gasteiger partial charge in [0.05, 0.1) is 26.0 Å². The third kappa shape index (κ3) is 8.63. The zero-order valence-corrected chi connectivity index (χ0v) is 34.2. The Morgan fingerprint density at radius 2 is 1.50 bits per heavy atom. The molecule has 6 rings (SSSR count). The molecule has 1 aliphatic heterocycles. The van der Waals surface area contributed by atoms with E-state index in [1.165, 1.54) is 73.3 Å². The van der Waals surface area contributed by atoms with Gasteiger partial charge in [-0.25, -0.2) is 4.68 Å². The van der Waals surface area contributed by atoms with E-state index in [0.717, 1.165) is 25.2 Å². The number of carbonyl (C=O) groups excluding carboxylic acids is 5. The molecule has 15 nitrogen and oxygen atoms in total. The molecule has 0 aromatic carbocycles. The average molecular weight is 788 g/mol. The number of aromatic nitrogens is 3. The average Bonchev–Trinajstić information content (AvgIpc) is 3.75. The zero-order valence-electron chi connectivity index (χ0n) is 34.2. The molecule has 56 heavy (non-hydrogen) atoms. The molecule has 0 N–H and O–H groups in total. The molecule has 4 saturated carbocycles. The molecule has 6 unspecified atom stereocenters. The first-order valence-electron chi connectivity index (χ1n) is 20.4. The standard InChI is InChI=1S/C41H61N3O12/c1-22(17-35(49)50-8)31-11-12-32-30-10-9-27-18-29(13-15-40(27,6)33(30)14-16-41(31,32)7)44-19-28(42-43-44)20-52-39-38(55-26(5)48)37(54-25(4)47)36(53-24(3)46)34(56-39)21-51-23(2)45/h19,22,27,29-34,36-39H,9-18,20-21H2,1-8H3/t22-,27?,29+,30+,31-,32+,33+,34?,36?,37?,38?,39?,40+,41-/m1/s1. The highest BCUT2D eigenvalue weighted by atomic mass is 16.7. The maximum absolute atomic E-state index is 12.2. The van der Waals surface area contributed by atoms with E-state index in [-0.39, 0.29) is 36.1 Å². The molecule has 312 valence electrons. The third-order valence-corrected chi connectivity index (χ3v) is 14.4. The van der Waals surface area contributed by atoms with Crippen LogP contribution in [0.3, 0.4) is 0 Å². The Hall–Kier alpha value is -3.59. The fraction of sp³-hybridized carbons (Fsp3) is 0.829. The number of fused-ring (bicyclic) bond motifs is 5. The monoisotopic (exact) mass is 787 g/mol. The Morgan fingerprint density at radius 3 is 2.18 bits per heavy atom. The molecule has 0 bridgehead atoms. The van der Waals surface area contributed by atoms with Gasteiger partial charge in [-0.15, -0.1) is 5.10 Å². The van der Waals surface area contributed by atoms with Crippen LogP contribution in [0.25, 0.3) is 0 Å². The Bertz CT molecular complexity index is 1620. The molecule has 0 spiro atoms. The molecule has 0 radical (unpaired) electrons. The summed E-state index contributed by atoms with van der Waals surface area (Å²) < 4.78 is 40.9. The molecule has 0 amide bonds. The van der Waals surface area contributed by atoms with Crippen LogP contribution in [0.1, 0.15) is 124 Å². The van der Waals surface area contributed by atoms with E-state index in [1.807, 2.05) is 10.9 Å². The van der Waals surface area contributed by atoms with Crippen molar-refractivity contribution in [3.63, 3.8) is 0 Å². The summed E-state index contributed by atoms with van der Waals surface area (Å²) >= 11 is 0. The van der Waals surface area contributed by atoms with E-state index in [2.05, 4.69) is 31.1 Å².